The van der Waals surface area contributed by atoms with Gasteiger partial charge in [-0.1, -0.05) is 24.6 Å². The minimum absolute atomic E-state index is 0.143. The van der Waals surface area contributed by atoms with E-state index < -0.39 is 0 Å². The van der Waals surface area contributed by atoms with Gasteiger partial charge in [-0.05, 0) is 41.4 Å². The summed E-state index contributed by atoms with van der Waals surface area (Å²) in [6, 6.07) is 0.552. The molecule has 0 aromatic carbocycles. The monoisotopic (exact) mass is 426 g/mol. The van der Waals surface area contributed by atoms with Crippen LogP contribution in [0.2, 0.25) is 0 Å². The Hall–Kier alpha value is -1.35. The van der Waals surface area contributed by atoms with Crippen LogP contribution in [0.1, 0.15) is 44.0 Å². The Kier molecular flexibility index (Phi) is 6.16. The summed E-state index contributed by atoms with van der Waals surface area (Å²) >= 11 is 5.00. The molecule has 0 aliphatic heterocycles. The molecule has 3 rings (SSSR count). The number of aryl methyl sites for hydroxylation is 2. The number of aromatic nitrogens is 5. The predicted molar refractivity (Wildman–Crippen MR) is 103 cm³/mol. The summed E-state index contributed by atoms with van der Waals surface area (Å²) in [6.07, 6.45) is 10.5. The fraction of sp³-hybridized carbons (Fsp3) is 0.625. The number of nitrogens with one attached hydrogen (secondary N) is 1. The van der Waals surface area contributed by atoms with Gasteiger partial charge in [-0.2, -0.15) is 5.10 Å². The first-order valence-electron chi connectivity index (χ1n) is 8.55. The second-order valence-corrected chi connectivity index (χ2v) is 7.81. The van der Waals surface area contributed by atoms with E-state index >= 15 is 0 Å². The molecule has 0 amide bonds. The highest BCUT2D eigenvalue weighted by molar-refractivity contribution is 9.10. The third kappa shape index (κ3) is 4.08. The zero-order valence-electron chi connectivity index (χ0n) is 14.5. The van der Waals surface area contributed by atoms with Crippen LogP contribution >= 0.6 is 27.7 Å². The van der Waals surface area contributed by atoms with E-state index in [9.17, 15) is 4.79 Å². The standard InChI is InChI=1S/C16H23BrN6OS/c1-22-15(24)14(17)12(10-19-22)18-9-5-8-13-20-21-16(25-2)23(13)11-6-3-4-7-11/h10-11,18H,3-9H2,1-2H3. The molecule has 0 spiro atoms. The maximum absolute atomic E-state index is 11.9. The van der Waals surface area contributed by atoms with Gasteiger partial charge in [0.15, 0.2) is 5.16 Å². The van der Waals surface area contributed by atoms with E-state index in [1.807, 2.05) is 0 Å². The van der Waals surface area contributed by atoms with Crippen molar-refractivity contribution in [2.75, 3.05) is 18.1 Å². The molecule has 0 saturated heterocycles. The largest absolute Gasteiger partial charge is 0.383 e. The zero-order chi connectivity index (χ0) is 17.8. The van der Waals surface area contributed by atoms with Crippen LogP contribution in [-0.4, -0.2) is 37.3 Å². The Balaban J connectivity index is 1.60. The lowest BCUT2D eigenvalue weighted by molar-refractivity contribution is 0.461. The minimum Gasteiger partial charge on any atom is -0.383 e. The molecule has 136 valence electrons. The van der Waals surface area contributed by atoms with E-state index in [1.165, 1.54) is 30.4 Å². The molecule has 1 fully saturated rings. The van der Waals surface area contributed by atoms with Crippen LogP contribution in [0.4, 0.5) is 5.69 Å². The van der Waals surface area contributed by atoms with Crippen molar-refractivity contribution in [3.05, 3.63) is 26.8 Å². The second-order valence-electron chi connectivity index (χ2n) is 6.24. The number of halogens is 1. The summed E-state index contributed by atoms with van der Waals surface area (Å²) in [6.45, 7) is 0.750. The van der Waals surface area contributed by atoms with Crippen molar-refractivity contribution in [2.24, 2.45) is 7.05 Å². The highest BCUT2D eigenvalue weighted by atomic mass is 79.9. The number of hydrogen-bond donors (Lipinski definition) is 1. The lowest BCUT2D eigenvalue weighted by Crippen LogP contribution is -2.21. The van der Waals surface area contributed by atoms with Crippen molar-refractivity contribution in [2.45, 2.75) is 49.7 Å². The molecular weight excluding hydrogens is 404 g/mol. The van der Waals surface area contributed by atoms with Gasteiger partial charge in [-0.15, -0.1) is 10.2 Å². The quantitative estimate of drug-likeness (QED) is 0.541. The van der Waals surface area contributed by atoms with Gasteiger partial charge in [0.1, 0.15) is 10.3 Å². The lowest BCUT2D eigenvalue weighted by atomic mass is 10.2. The first-order chi connectivity index (χ1) is 12.1. The molecular formula is C16H23BrN6OS. The molecule has 0 radical (unpaired) electrons. The maximum Gasteiger partial charge on any atom is 0.282 e. The molecule has 7 nitrogen and oxygen atoms in total. The van der Waals surface area contributed by atoms with Crippen molar-refractivity contribution in [1.29, 1.82) is 0 Å². The van der Waals surface area contributed by atoms with E-state index in [4.69, 9.17) is 0 Å². The van der Waals surface area contributed by atoms with E-state index in [1.54, 1.807) is 25.0 Å². The number of nitrogens with zero attached hydrogens (tertiary/aromatic N) is 5. The first-order valence-corrected chi connectivity index (χ1v) is 10.6. The summed E-state index contributed by atoms with van der Waals surface area (Å²) in [5.74, 6) is 1.07. The van der Waals surface area contributed by atoms with Gasteiger partial charge in [0, 0.05) is 26.1 Å². The summed E-state index contributed by atoms with van der Waals surface area (Å²) in [5, 5.41) is 17.1. The predicted octanol–water partition coefficient (Wildman–Crippen LogP) is 3.02. The van der Waals surface area contributed by atoms with Crippen LogP contribution in [0.3, 0.4) is 0 Å². The molecule has 9 heteroatoms. The second kappa shape index (κ2) is 8.35. The fourth-order valence-corrected chi connectivity index (χ4v) is 4.32. The van der Waals surface area contributed by atoms with E-state index in [0.29, 0.717) is 10.5 Å². The average Bonchev–Trinajstić information content (AvgIpc) is 3.27. The molecule has 1 N–H and O–H groups in total. The number of anilines is 1. The maximum atomic E-state index is 11.9. The topological polar surface area (TPSA) is 77.6 Å². The van der Waals surface area contributed by atoms with Gasteiger partial charge in [0.05, 0.1) is 11.9 Å². The Morgan fingerprint density at radius 2 is 2.12 bits per heavy atom. The van der Waals surface area contributed by atoms with E-state index in [0.717, 1.165) is 36.1 Å². The number of rotatable bonds is 7. The van der Waals surface area contributed by atoms with Crippen LogP contribution in [0.5, 0.6) is 0 Å². The molecule has 2 aromatic rings. The van der Waals surface area contributed by atoms with Crippen molar-refractivity contribution < 1.29 is 0 Å². The summed E-state index contributed by atoms with van der Waals surface area (Å²) in [7, 11) is 1.63. The Morgan fingerprint density at radius 3 is 2.84 bits per heavy atom. The highest BCUT2D eigenvalue weighted by Crippen LogP contribution is 2.33. The van der Waals surface area contributed by atoms with Crippen LogP contribution in [0, 0.1) is 0 Å². The number of hydrogen-bond acceptors (Lipinski definition) is 6. The van der Waals surface area contributed by atoms with Gasteiger partial charge >= 0.3 is 0 Å². The average molecular weight is 427 g/mol. The van der Waals surface area contributed by atoms with Crippen molar-refractivity contribution in [3.8, 4) is 0 Å². The molecule has 1 saturated carbocycles. The molecule has 0 unspecified atom stereocenters. The third-order valence-corrected chi connectivity index (χ3v) is 5.99. The highest BCUT2D eigenvalue weighted by Gasteiger charge is 2.23. The van der Waals surface area contributed by atoms with Gasteiger partial charge in [0.2, 0.25) is 0 Å². The molecule has 25 heavy (non-hydrogen) atoms. The van der Waals surface area contributed by atoms with Crippen LogP contribution < -0.4 is 10.9 Å². The van der Waals surface area contributed by atoms with Gasteiger partial charge < -0.3 is 9.88 Å². The van der Waals surface area contributed by atoms with Crippen molar-refractivity contribution >= 4 is 33.4 Å². The zero-order valence-corrected chi connectivity index (χ0v) is 16.9. The Bertz CT molecular complexity index is 783. The molecule has 0 atom stereocenters. The smallest absolute Gasteiger partial charge is 0.282 e. The first kappa shape index (κ1) is 18.4. The lowest BCUT2D eigenvalue weighted by Gasteiger charge is -2.16. The Labute approximate surface area is 159 Å². The fourth-order valence-electron chi connectivity index (χ4n) is 3.25. The van der Waals surface area contributed by atoms with E-state index in [2.05, 4.69) is 47.4 Å². The van der Waals surface area contributed by atoms with E-state index in [-0.39, 0.29) is 5.56 Å². The molecule has 1 aliphatic carbocycles. The summed E-state index contributed by atoms with van der Waals surface area (Å²) in [5.41, 5.74) is 0.584. The molecule has 2 heterocycles. The van der Waals surface area contributed by atoms with Crippen LogP contribution in [0.15, 0.2) is 20.6 Å². The number of thioether (sulfide) groups is 1. The summed E-state index contributed by atoms with van der Waals surface area (Å²) in [4.78, 5) is 11.9. The van der Waals surface area contributed by atoms with Crippen LogP contribution in [0.25, 0.3) is 0 Å². The van der Waals surface area contributed by atoms with Gasteiger partial charge in [-0.25, -0.2) is 4.68 Å². The van der Waals surface area contributed by atoms with Crippen molar-refractivity contribution in [3.63, 3.8) is 0 Å². The third-order valence-electron chi connectivity index (χ3n) is 4.58. The SMILES string of the molecule is CSc1nnc(CCCNc2cnn(C)c(=O)c2Br)n1C1CCCC1. The minimum atomic E-state index is -0.143. The molecule has 1 aliphatic rings. The van der Waals surface area contributed by atoms with Crippen molar-refractivity contribution in [1.82, 2.24) is 24.5 Å². The van der Waals surface area contributed by atoms with Gasteiger partial charge in [0.25, 0.3) is 5.56 Å². The van der Waals surface area contributed by atoms with Gasteiger partial charge in [-0.3, -0.25) is 4.79 Å². The molecule has 2 aromatic heterocycles. The molecule has 0 bridgehead atoms. The van der Waals surface area contributed by atoms with Crippen LogP contribution in [-0.2, 0) is 13.5 Å². The normalized spacial score (nSPS) is 15.0. The summed E-state index contributed by atoms with van der Waals surface area (Å²) < 4.78 is 4.17. The Morgan fingerprint density at radius 1 is 1.36 bits per heavy atom.